The minimum absolute atomic E-state index is 0.234. The summed E-state index contributed by atoms with van der Waals surface area (Å²) in [7, 11) is 0. The maximum absolute atomic E-state index is 13.2. The molecule has 1 aliphatic heterocycles. The van der Waals surface area contributed by atoms with E-state index in [1.54, 1.807) is 35.7 Å². The van der Waals surface area contributed by atoms with Crippen molar-refractivity contribution in [3.05, 3.63) is 51.9 Å². The fourth-order valence-electron chi connectivity index (χ4n) is 4.74. The lowest BCUT2D eigenvalue weighted by atomic mass is 10.1. The van der Waals surface area contributed by atoms with Crippen LogP contribution in [0.4, 0.5) is 5.82 Å². The Morgan fingerprint density at radius 3 is 2.64 bits per heavy atom. The maximum Gasteiger partial charge on any atom is 0.326 e. The number of rotatable bonds is 10. The number of fused-ring (bicyclic) bond motifs is 1. The van der Waals surface area contributed by atoms with Gasteiger partial charge in [0.25, 0.3) is 5.56 Å². The number of halogens is 1. The van der Waals surface area contributed by atoms with Gasteiger partial charge < -0.3 is 15.3 Å². The fraction of sp³-hybridized carbons (Fsp3) is 0.462. The SMILES string of the molecule is CCCCCn1c(N2CCC[C@H]2C(=O)N[C@H](CC)C(=O)O)cc(=O)n2cc(-c3ccc(Cl)cc3)nc12. The molecule has 2 atom stereocenters. The van der Waals surface area contributed by atoms with Gasteiger partial charge in [-0.15, -0.1) is 0 Å². The molecule has 0 saturated carbocycles. The first-order chi connectivity index (χ1) is 17.3. The molecule has 0 aliphatic carbocycles. The molecule has 2 aromatic heterocycles. The summed E-state index contributed by atoms with van der Waals surface area (Å²) < 4.78 is 3.55. The number of aryl methyl sites for hydroxylation is 1. The number of benzene rings is 1. The van der Waals surface area contributed by atoms with Gasteiger partial charge in [-0.3, -0.25) is 18.6 Å². The normalized spacial score (nSPS) is 16.4. The van der Waals surface area contributed by atoms with Crippen molar-refractivity contribution in [3.8, 4) is 11.3 Å². The Labute approximate surface area is 214 Å². The zero-order valence-corrected chi connectivity index (χ0v) is 21.4. The summed E-state index contributed by atoms with van der Waals surface area (Å²) in [5.41, 5.74) is 1.28. The number of carboxylic acid groups (broad SMARTS) is 1. The molecule has 0 spiro atoms. The first-order valence-corrected chi connectivity index (χ1v) is 12.9. The van der Waals surface area contributed by atoms with Gasteiger partial charge >= 0.3 is 5.97 Å². The molecule has 0 unspecified atom stereocenters. The highest BCUT2D eigenvalue weighted by atomic mass is 35.5. The van der Waals surface area contributed by atoms with Gasteiger partial charge in [0.05, 0.1) is 5.69 Å². The third-order valence-corrected chi connectivity index (χ3v) is 6.95. The van der Waals surface area contributed by atoms with Crippen LogP contribution < -0.4 is 15.8 Å². The second kappa shape index (κ2) is 11.2. The largest absolute Gasteiger partial charge is 0.480 e. The van der Waals surface area contributed by atoms with E-state index in [4.69, 9.17) is 16.6 Å². The van der Waals surface area contributed by atoms with E-state index in [0.29, 0.717) is 48.2 Å². The Morgan fingerprint density at radius 1 is 1.22 bits per heavy atom. The average molecular weight is 514 g/mol. The molecule has 1 fully saturated rings. The van der Waals surface area contributed by atoms with Crippen LogP contribution in [0.1, 0.15) is 52.4 Å². The highest BCUT2D eigenvalue weighted by Gasteiger charge is 2.34. The molecule has 36 heavy (non-hydrogen) atoms. The highest BCUT2D eigenvalue weighted by Crippen LogP contribution is 2.28. The van der Waals surface area contributed by atoms with E-state index in [2.05, 4.69) is 12.2 Å². The van der Waals surface area contributed by atoms with E-state index in [0.717, 1.165) is 31.2 Å². The molecule has 10 heteroatoms. The van der Waals surface area contributed by atoms with Crippen LogP contribution in [0.25, 0.3) is 17.0 Å². The van der Waals surface area contributed by atoms with E-state index >= 15 is 0 Å². The van der Waals surface area contributed by atoms with Gasteiger partial charge in [0, 0.05) is 35.9 Å². The number of nitrogens with one attached hydrogen (secondary N) is 1. The molecule has 2 N–H and O–H groups in total. The number of carbonyl (C=O) groups is 2. The third-order valence-electron chi connectivity index (χ3n) is 6.69. The van der Waals surface area contributed by atoms with Crippen molar-refractivity contribution in [3.63, 3.8) is 0 Å². The van der Waals surface area contributed by atoms with Gasteiger partial charge in [-0.2, -0.15) is 0 Å². The molecule has 1 amide bonds. The van der Waals surface area contributed by atoms with Gasteiger partial charge in [0.1, 0.15) is 17.9 Å². The molecule has 4 rings (SSSR count). The molecule has 3 aromatic rings. The molecular weight excluding hydrogens is 482 g/mol. The molecule has 192 valence electrons. The predicted molar refractivity (Wildman–Crippen MR) is 140 cm³/mol. The predicted octanol–water partition coefficient (Wildman–Crippen LogP) is 3.95. The first kappa shape index (κ1) is 25.8. The quantitative estimate of drug-likeness (QED) is 0.397. The number of nitrogens with zero attached hydrogens (tertiary/aromatic N) is 4. The zero-order valence-electron chi connectivity index (χ0n) is 20.6. The van der Waals surface area contributed by atoms with E-state index in [1.165, 1.54) is 0 Å². The van der Waals surface area contributed by atoms with Gasteiger partial charge in [-0.25, -0.2) is 9.78 Å². The summed E-state index contributed by atoms with van der Waals surface area (Å²) >= 11 is 6.04. The minimum Gasteiger partial charge on any atom is -0.480 e. The Hall–Kier alpha value is -3.33. The van der Waals surface area contributed by atoms with Crippen molar-refractivity contribution in [1.82, 2.24) is 19.3 Å². The van der Waals surface area contributed by atoms with E-state index in [9.17, 15) is 19.5 Å². The van der Waals surface area contributed by atoms with E-state index in [1.807, 2.05) is 21.6 Å². The van der Waals surface area contributed by atoms with Crippen LogP contribution in [0.3, 0.4) is 0 Å². The standard InChI is InChI=1S/C26H32ClN5O4/c1-3-5-6-13-31-22(30-14-7-8-21(30)24(34)28-19(4-2)25(35)36)15-23(33)32-16-20(29-26(31)32)17-9-11-18(27)12-10-17/h9-12,15-16,19,21H,3-8,13-14H2,1-2H3,(H,28,34)(H,35,36)/t19-,21+/m1/s1. The van der Waals surface area contributed by atoms with Crippen molar-refractivity contribution in [2.75, 3.05) is 11.4 Å². The van der Waals surface area contributed by atoms with E-state index < -0.39 is 18.1 Å². The Balaban J connectivity index is 1.76. The van der Waals surface area contributed by atoms with Crippen LogP contribution in [0.5, 0.6) is 0 Å². The summed E-state index contributed by atoms with van der Waals surface area (Å²) in [6.07, 6.45) is 6.33. The third kappa shape index (κ3) is 5.26. The van der Waals surface area contributed by atoms with Crippen LogP contribution >= 0.6 is 11.6 Å². The van der Waals surface area contributed by atoms with Crippen LogP contribution in [0, 0.1) is 0 Å². The van der Waals surface area contributed by atoms with E-state index in [-0.39, 0.29) is 11.5 Å². The average Bonchev–Trinajstić information content (AvgIpc) is 3.52. The first-order valence-electron chi connectivity index (χ1n) is 12.5. The number of carboxylic acids is 1. The molecule has 0 radical (unpaired) electrons. The molecule has 3 heterocycles. The summed E-state index contributed by atoms with van der Waals surface area (Å²) in [5.74, 6) is -0.237. The van der Waals surface area contributed by atoms with Gasteiger partial charge in [-0.1, -0.05) is 50.4 Å². The Bertz CT molecular complexity index is 1300. The van der Waals surface area contributed by atoms with Crippen molar-refractivity contribution >= 4 is 35.1 Å². The number of aliphatic carboxylic acids is 1. The lowest BCUT2D eigenvalue weighted by Gasteiger charge is -2.29. The molecule has 0 bridgehead atoms. The number of carbonyl (C=O) groups excluding carboxylic acids is 1. The number of unbranched alkanes of at least 4 members (excludes halogenated alkanes) is 2. The second-order valence-corrected chi connectivity index (χ2v) is 9.60. The summed E-state index contributed by atoms with van der Waals surface area (Å²) in [5, 5.41) is 12.7. The van der Waals surface area contributed by atoms with Crippen molar-refractivity contribution in [2.45, 2.75) is 71.0 Å². The number of anilines is 1. The smallest absolute Gasteiger partial charge is 0.326 e. The molecular formula is C26H32ClN5O4. The number of hydrogen-bond donors (Lipinski definition) is 2. The van der Waals surface area contributed by atoms with Crippen LogP contribution in [-0.2, 0) is 16.1 Å². The number of imidazole rings is 1. The number of hydrogen-bond acceptors (Lipinski definition) is 5. The lowest BCUT2D eigenvalue weighted by molar-refractivity contribution is -0.142. The molecule has 1 saturated heterocycles. The van der Waals surface area contributed by atoms with Gasteiger partial charge in [0.15, 0.2) is 0 Å². The zero-order chi connectivity index (χ0) is 25.8. The molecule has 9 nitrogen and oxygen atoms in total. The second-order valence-electron chi connectivity index (χ2n) is 9.16. The van der Waals surface area contributed by atoms with Crippen molar-refractivity contribution < 1.29 is 14.7 Å². The van der Waals surface area contributed by atoms with Crippen LogP contribution in [0.2, 0.25) is 5.02 Å². The van der Waals surface area contributed by atoms with Gasteiger partial charge in [-0.05, 0) is 37.8 Å². The summed E-state index contributed by atoms with van der Waals surface area (Å²) in [6.45, 7) is 5.09. The number of aromatic nitrogens is 3. The highest BCUT2D eigenvalue weighted by molar-refractivity contribution is 6.30. The van der Waals surface area contributed by atoms with Crippen LogP contribution in [-0.4, -0.2) is 49.6 Å². The summed E-state index contributed by atoms with van der Waals surface area (Å²) in [6, 6.07) is 7.37. The fourth-order valence-corrected chi connectivity index (χ4v) is 4.86. The lowest BCUT2D eigenvalue weighted by Crippen LogP contribution is -2.50. The van der Waals surface area contributed by atoms with Crippen molar-refractivity contribution in [1.29, 1.82) is 0 Å². The minimum atomic E-state index is -1.06. The topological polar surface area (TPSA) is 109 Å². The number of amides is 1. The monoisotopic (exact) mass is 513 g/mol. The summed E-state index contributed by atoms with van der Waals surface area (Å²) in [4.78, 5) is 44.5. The Morgan fingerprint density at radius 2 is 1.97 bits per heavy atom. The van der Waals surface area contributed by atoms with Gasteiger partial charge in [0.2, 0.25) is 11.7 Å². The van der Waals surface area contributed by atoms with Crippen LogP contribution in [0.15, 0.2) is 41.3 Å². The molecule has 1 aliphatic rings. The Kier molecular flexibility index (Phi) is 7.98. The molecule has 1 aromatic carbocycles. The maximum atomic E-state index is 13.2. The van der Waals surface area contributed by atoms with Crippen molar-refractivity contribution in [2.24, 2.45) is 0 Å².